The fraction of sp³-hybridized carbons (Fsp3) is 0.450. The molecule has 0 aliphatic carbocycles. The lowest BCUT2D eigenvalue weighted by atomic mass is 10.1. The minimum absolute atomic E-state index is 0. The molecule has 1 aliphatic heterocycles. The van der Waals surface area contributed by atoms with E-state index in [-0.39, 0.29) is 36.1 Å². The van der Waals surface area contributed by atoms with Crippen molar-refractivity contribution in [3.05, 3.63) is 41.4 Å². The molecule has 1 aliphatic rings. The van der Waals surface area contributed by atoms with Crippen molar-refractivity contribution in [2.24, 2.45) is 4.99 Å². The SMILES string of the molecule is CCOC(=O)N1CCC(NC(=NC)NCc2csc(-c3ccccc3)n2)CC1.I. The summed E-state index contributed by atoms with van der Waals surface area (Å²) < 4.78 is 5.06. The molecule has 3 rings (SSSR count). The topological polar surface area (TPSA) is 78.8 Å². The maximum atomic E-state index is 11.8. The number of guanidine groups is 1. The lowest BCUT2D eigenvalue weighted by Crippen LogP contribution is -2.49. The summed E-state index contributed by atoms with van der Waals surface area (Å²) in [6.45, 7) is 4.24. The fourth-order valence-electron chi connectivity index (χ4n) is 3.08. The number of aromatic nitrogens is 1. The first kappa shape index (κ1) is 23.4. The Morgan fingerprint density at radius 3 is 2.69 bits per heavy atom. The molecule has 0 atom stereocenters. The van der Waals surface area contributed by atoms with Crippen LogP contribution in [-0.4, -0.2) is 54.7 Å². The highest BCUT2D eigenvalue weighted by molar-refractivity contribution is 14.0. The number of likely N-dealkylation sites (tertiary alicyclic amines) is 1. The van der Waals surface area contributed by atoms with Gasteiger partial charge in [-0.1, -0.05) is 30.3 Å². The Hall–Kier alpha value is -1.88. The molecule has 0 bridgehead atoms. The summed E-state index contributed by atoms with van der Waals surface area (Å²) in [4.78, 5) is 22.6. The van der Waals surface area contributed by atoms with Crippen LogP contribution in [0.3, 0.4) is 0 Å². The van der Waals surface area contributed by atoms with Crippen LogP contribution in [0.15, 0.2) is 40.7 Å². The van der Waals surface area contributed by atoms with Gasteiger partial charge in [-0.25, -0.2) is 9.78 Å². The van der Waals surface area contributed by atoms with Crippen LogP contribution in [-0.2, 0) is 11.3 Å². The van der Waals surface area contributed by atoms with Crippen LogP contribution < -0.4 is 10.6 Å². The highest BCUT2D eigenvalue weighted by Gasteiger charge is 2.24. The average molecular weight is 529 g/mol. The highest BCUT2D eigenvalue weighted by atomic mass is 127. The number of aliphatic imine (C=N–C) groups is 1. The third-order valence-corrected chi connectivity index (χ3v) is 5.54. The summed E-state index contributed by atoms with van der Waals surface area (Å²) in [5.74, 6) is 0.754. The Kier molecular flexibility index (Phi) is 9.65. The molecule has 1 saturated heterocycles. The van der Waals surface area contributed by atoms with Gasteiger partial charge in [-0.15, -0.1) is 35.3 Å². The third kappa shape index (κ3) is 6.84. The Labute approximate surface area is 193 Å². The number of rotatable bonds is 5. The molecule has 9 heteroatoms. The second-order valence-corrected chi connectivity index (χ2v) is 7.40. The average Bonchev–Trinajstić information content (AvgIpc) is 3.21. The van der Waals surface area contributed by atoms with Crippen LogP contribution >= 0.6 is 35.3 Å². The molecule has 1 aromatic heterocycles. The molecule has 0 saturated carbocycles. The molecule has 158 valence electrons. The number of amides is 1. The maximum absolute atomic E-state index is 11.8. The number of hydrogen-bond donors (Lipinski definition) is 2. The number of nitrogens with zero attached hydrogens (tertiary/aromatic N) is 3. The zero-order valence-electron chi connectivity index (χ0n) is 16.8. The van der Waals surface area contributed by atoms with Gasteiger partial charge in [0.25, 0.3) is 0 Å². The number of thiazole rings is 1. The van der Waals surface area contributed by atoms with Crippen molar-refractivity contribution in [3.63, 3.8) is 0 Å². The first-order valence-electron chi connectivity index (χ1n) is 9.58. The summed E-state index contributed by atoms with van der Waals surface area (Å²) in [7, 11) is 1.76. The number of carbonyl (C=O) groups excluding carboxylic acids is 1. The van der Waals surface area contributed by atoms with Gasteiger partial charge in [0, 0.05) is 37.1 Å². The van der Waals surface area contributed by atoms with Gasteiger partial charge in [0.2, 0.25) is 0 Å². The summed E-state index contributed by atoms with van der Waals surface area (Å²) >= 11 is 1.64. The molecule has 0 spiro atoms. The number of ether oxygens (including phenoxy) is 1. The van der Waals surface area contributed by atoms with Crippen molar-refractivity contribution in [1.29, 1.82) is 0 Å². The van der Waals surface area contributed by atoms with Crippen molar-refractivity contribution in [2.45, 2.75) is 32.4 Å². The molecule has 0 unspecified atom stereocenters. The van der Waals surface area contributed by atoms with Crippen LogP contribution in [0.5, 0.6) is 0 Å². The Morgan fingerprint density at radius 1 is 1.31 bits per heavy atom. The van der Waals surface area contributed by atoms with Gasteiger partial charge in [-0.3, -0.25) is 4.99 Å². The molecule has 7 nitrogen and oxygen atoms in total. The van der Waals surface area contributed by atoms with Crippen molar-refractivity contribution in [2.75, 3.05) is 26.7 Å². The lowest BCUT2D eigenvalue weighted by Gasteiger charge is -2.32. The van der Waals surface area contributed by atoms with E-state index in [1.807, 2.05) is 25.1 Å². The quantitative estimate of drug-likeness (QED) is 0.351. The second kappa shape index (κ2) is 12.0. The van der Waals surface area contributed by atoms with Crippen LogP contribution in [0.4, 0.5) is 4.79 Å². The van der Waals surface area contributed by atoms with E-state index in [0.29, 0.717) is 26.2 Å². The first-order chi connectivity index (χ1) is 13.7. The number of carbonyl (C=O) groups is 1. The normalized spacial score (nSPS) is 14.8. The van der Waals surface area contributed by atoms with E-state index in [4.69, 9.17) is 9.72 Å². The summed E-state index contributed by atoms with van der Waals surface area (Å²) in [6, 6.07) is 10.5. The Balaban J connectivity index is 0.00000300. The summed E-state index contributed by atoms with van der Waals surface area (Å²) in [5, 5.41) is 9.86. The van der Waals surface area contributed by atoms with Gasteiger partial charge in [0.05, 0.1) is 18.8 Å². The standard InChI is InChI=1S/C20H27N5O2S.HI/c1-3-27-20(26)25-11-9-16(10-12-25)24-19(21-2)22-13-17-14-28-18(23-17)15-7-5-4-6-8-15;/h4-8,14,16H,3,9-13H2,1-2H3,(H2,21,22,24);1H. The monoisotopic (exact) mass is 529 g/mol. The molecule has 2 heterocycles. The van der Waals surface area contributed by atoms with Gasteiger partial charge < -0.3 is 20.3 Å². The summed E-state index contributed by atoms with van der Waals surface area (Å²) in [6.07, 6.45) is 1.52. The number of piperidine rings is 1. The highest BCUT2D eigenvalue weighted by Crippen LogP contribution is 2.23. The number of nitrogens with one attached hydrogen (secondary N) is 2. The predicted molar refractivity (Wildman–Crippen MR) is 128 cm³/mol. The van der Waals surface area contributed by atoms with E-state index in [1.165, 1.54) is 0 Å². The number of hydrogen-bond acceptors (Lipinski definition) is 5. The van der Waals surface area contributed by atoms with Gasteiger partial charge in [0.15, 0.2) is 5.96 Å². The number of halogens is 1. The van der Waals surface area contributed by atoms with Crippen LogP contribution in [0, 0.1) is 0 Å². The second-order valence-electron chi connectivity index (χ2n) is 6.54. The van der Waals surface area contributed by atoms with E-state index in [2.05, 4.69) is 33.1 Å². The molecule has 1 aromatic carbocycles. The molecule has 2 N–H and O–H groups in total. The van der Waals surface area contributed by atoms with Crippen molar-refractivity contribution in [3.8, 4) is 10.6 Å². The molecule has 0 radical (unpaired) electrons. The zero-order valence-corrected chi connectivity index (χ0v) is 19.9. The molecule has 1 fully saturated rings. The minimum atomic E-state index is -0.221. The first-order valence-corrected chi connectivity index (χ1v) is 10.5. The maximum Gasteiger partial charge on any atom is 0.409 e. The largest absolute Gasteiger partial charge is 0.450 e. The Bertz CT molecular complexity index is 791. The van der Waals surface area contributed by atoms with Crippen molar-refractivity contribution < 1.29 is 9.53 Å². The zero-order chi connectivity index (χ0) is 19.8. The van der Waals surface area contributed by atoms with E-state index < -0.39 is 0 Å². The van der Waals surface area contributed by atoms with E-state index in [0.717, 1.165) is 35.1 Å². The van der Waals surface area contributed by atoms with Gasteiger partial charge in [-0.05, 0) is 19.8 Å². The summed E-state index contributed by atoms with van der Waals surface area (Å²) in [5.41, 5.74) is 2.12. The Morgan fingerprint density at radius 2 is 2.03 bits per heavy atom. The van der Waals surface area contributed by atoms with E-state index in [9.17, 15) is 4.79 Å². The lowest BCUT2D eigenvalue weighted by molar-refractivity contribution is 0.0963. The van der Waals surface area contributed by atoms with Crippen LogP contribution in [0.2, 0.25) is 0 Å². The van der Waals surface area contributed by atoms with E-state index in [1.54, 1.807) is 23.3 Å². The molecular weight excluding hydrogens is 501 g/mol. The van der Waals surface area contributed by atoms with Crippen molar-refractivity contribution in [1.82, 2.24) is 20.5 Å². The molecular formula is C20H28IN5O2S. The predicted octanol–water partition coefficient (Wildman–Crippen LogP) is 3.71. The number of benzene rings is 1. The molecule has 29 heavy (non-hydrogen) atoms. The molecule has 2 aromatic rings. The van der Waals surface area contributed by atoms with Gasteiger partial charge in [-0.2, -0.15) is 0 Å². The molecule has 1 amide bonds. The van der Waals surface area contributed by atoms with Gasteiger partial charge in [0.1, 0.15) is 5.01 Å². The van der Waals surface area contributed by atoms with Crippen LogP contribution in [0.1, 0.15) is 25.5 Å². The van der Waals surface area contributed by atoms with E-state index >= 15 is 0 Å². The van der Waals surface area contributed by atoms with Crippen molar-refractivity contribution >= 4 is 47.4 Å². The van der Waals surface area contributed by atoms with Crippen LogP contribution in [0.25, 0.3) is 10.6 Å². The van der Waals surface area contributed by atoms with Gasteiger partial charge >= 0.3 is 6.09 Å². The third-order valence-electron chi connectivity index (χ3n) is 4.59. The smallest absolute Gasteiger partial charge is 0.409 e. The minimum Gasteiger partial charge on any atom is -0.450 e. The fourth-order valence-corrected chi connectivity index (χ4v) is 3.91.